The summed E-state index contributed by atoms with van der Waals surface area (Å²) in [6, 6.07) is 0. The number of aromatic nitrogens is 2. The van der Waals surface area contributed by atoms with Gasteiger partial charge in [0.1, 0.15) is 12.0 Å². The number of nitrogens with one attached hydrogen (secondary N) is 1. The van der Waals surface area contributed by atoms with Gasteiger partial charge < -0.3 is 25.8 Å². The molecule has 0 amide bonds. The van der Waals surface area contributed by atoms with Gasteiger partial charge in [-0.15, -0.1) is 0 Å². The summed E-state index contributed by atoms with van der Waals surface area (Å²) in [5.41, 5.74) is 6.92. The number of nitrogens with two attached hydrogens (primary N) is 1. The summed E-state index contributed by atoms with van der Waals surface area (Å²) in [5, 5.41) is 12.4. The molecule has 9 heteroatoms. The zero-order chi connectivity index (χ0) is 17.5. The zero-order valence-electron chi connectivity index (χ0n) is 14.7. The van der Waals surface area contributed by atoms with E-state index >= 15 is 0 Å². The van der Waals surface area contributed by atoms with Gasteiger partial charge in [-0.1, -0.05) is 0 Å². The molecule has 1 aromatic heterocycles. The number of aliphatic hydroxyl groups is 1. The molecule has 3 rings (SSSR count). The first-order valence-electron chi connectivity index (χ1n) is 9.00. The molecular formula is C16H29N7O2. The molecule has 0 radical (unpaired) electrons. The molecule has 140 valence electrons. The molecule has 2 aliphatic heterocycles. The van der Waals surface area contributed by atoms with Crippen LogP contribution in [-0.2, 0) is 4.74 Å². The van der Waals surface area contributed by atoms with Gasteiger partial charge in [0.25, 0.3) is 0 Å². The van der Waals surface area contributed by atoms with E-state index in [-0.39, 0.29) is 6.61 Å². The van der Waals surface area contributed by atoms with Crippen molar-refractivity contribution < 1.29 is 9.84 Å². The second-order valence-corrected chi connectivity index (χ2v) is 6.39. The summed E-state index contributed by atoms with van der Waals surface area (Å²) in [6.07, 6.45) is 1.57. The van der Waals surface area contributed by atoms with Crippen LogP contribution in [0.3, 0.4) is 0 Å². The van der Waals surface area contributed by atoms with Crippen molar-refractivity contribution in [3.63, 3.8) is 0 Å². The van der Waals surface area contributed by atoms with Crippen LogP contribution in [0.2, 0.25) is 0 Å². The predicted octanol–water partition coefficient (Wildman–Crippen LogP) is -1.08. The maximum atomic E-state index is 9.04. The Kier molecular flexibility index (Phi) is 6.62. The van der Waals surface area contributed by atoms with Crippen molar-refractivity contribution in [3.8, 4) is 0 Å². The standard InChI is InChI=1S/C16H29N7O2/c17-14-15(18-1-2-21-8-11-25-12-9-21)19-13-20-16(14)23-5-3-22(4-6-23)7-10-24/h13,24H,1-12,17H2,(H,18,19,20). The number of ether oxygens (including phenoxy) is 1. The van der Waals surface area contributed by atoms with E-state index in [4.69, 9.17) is 15.6 Å². The number of rotatable bonds is 7. The number of piperazine rings is 1. The molecule has 0 saturated carbocycles. The van der Waals surface area contributed by atoms with Gasteiger partial charge in [0.15, 0.2) is 11.6 Å². The van der Waals surface area contributed by atoms with Crippen molar-refractivity contribution in [2.75, 3.05) is 94.7 Å². The highest BCUT2D eigenvalue weighted by Gasteiger charge is 2.21. The SMILES string of the molecule is Nc1c(NCCN2CCOCC2)ncnc1N1CCN(CCO)CC1. The Balaban J connectivity index is 1.53. The maximum Gasteiger partial charge on any atom is 0.157 e. The van der Waals surface area contributed by atoms with E-state index < -0.39 is 0 Å². The fraction of sp³-hybridized carbons (Fsp3) is 0.750. The first kappa shape index (κ1) is 18.1. The third kappa shape index (κ3) is 4.91. The number of β-amino-alcohol motifs (C(OH)–C–C–N with tert-alkyl or cyclic N) is 1. The van der Waals surface area contributed by atoms with Crippen LogP contribution in [0.4, 0.5) is 17.3 Å². The Bertz CT molecular complexity index is 531. The second kappa shape index (κ2) is 9.14. The highest BCUT2D eigenvalue weighted by molar-refractivity contribution is 5.75. The van der Waals surface area contributed by atoms with Crippen molar-refractivity contribution in [1.29, 1.82) is 0 Å². The Morgan fingerprint density at radius 1 is 1.04 bits per heavy atom. The molecular weight excluding hydrogens is 322 g/mol. The Hall–Kier alpha value is -1.68. The normalized spacial score (nSPS) is 20.0. The average Bonchev–Trinajstić information content (AvgIpc) is 2.65. The molecule has 0 spiro atoms. The van der Waals surface area contributed by atoms with E-state index in [9.17, 15) is 0 Å². The van der Waals surface area contributed by atoms with Gasteiger partial charge in [0, 0.05) is 58.9 Å². The lowest BCUT2D eigenvalue weighted by atomic mass is 10.3. The van der Waals surface area contributed by atoms with E-state index in [0.717, 1.165) is 77.9 Å². The minimum Gasteiger partial charge on any atom is -0.395 e. The molecule has 9 nitrogen and oxygen atoms in total. The van der Waals surface area contributed by atoms with Crippen LogP contribution >= 0.6 is 0 Å². The lowest BCUT2D eigenvalue weighted by Crippen LogP contribution is -2.47. The van der Waals surface area contributed by atoms with Crippen molar-refractivity contribution in [3.05, 3.63) is 6.33 Å². The van der Waals surface area contributed by atoms with Gasteiger partial charge in [0.05, 0.1) is 19.8 Å². The number of morpholine rings is 1. The van der Waals surface area contributed by atoms with Gasteiger partial charge in [-0.25, -0.2) is 9.97 Å². The van der Waals surface area contributed by atoms with Gasteiger partial charge in [-0.2, -0.15) is 0 Å². The molecule has 0 aliphatic carbocycles. The van der Waals surface area contributed by atoms with Crippen LogP contribution in [0.5, 0.6) is 0 Å². The van der Waals surface area contributed by atoms with Crippen LogP contribution in [-0.4, -0.2) is 104 Å². The first-order valence-corrected chi connectivity index (χ1v) is 9.00. The maximum absolute atomic E-state index is 9.04. The van der Waals surface area contributed by atoms with Crippen molar-refractivity contribution in [2.45, 2.75) is 0 Å². The fourth-order valence-corrected chi connectivity index (χ4v) is 3.26. The third-order valence-corrected chi connectivity index (χ3v) is 4.78. The lowest BCUT2D eigenvalue weighted by molar-refractivity contribution is 0.0398. The monoisotopic (exact) mass is 351 g/mol. The smallest absolute Gasteiger partial charge is 0.157 e. The van der Waals surface area contributed by atoms with E-state index in [0.29, 0.717) is 11.5 Å². The van der Waals surface area contributed by atoms with Crippen LogP contribution in [0.25, 0.3) is 0 Å². The molecule has 0 bridgehead atoms. The summed E-state index contributed by atoms with van der Waals surface area (Å²) in [6.45, 7) is 9.76. The minimum absolute atomic E-state index is 0.201. The fourth-order valence-electron chi connectivity index (χ4n) is 3.26. The van der Waals surface area contributed by atoms with E-state index in [1.54, 1.807) is 6.33 Å². The number of aliphatic hydroxyl groups excluding tert-OH is 1. The summed E-state index contributed by atoms with van der Waals surface area (Å²) in [5.74, 6) is 1.50. The number of nitrogens with zero attached hydrogens (tertiary/aromatic N) is 5. The summed E-state index contributed by atoms with van der Waals surface area (Å²) in [7, 11) is 0. The molecule has 2 saturated heterocycles. The van der Waals surface area contributed by atoms with E-state index in [1.807, 2.05) is 0 Å². The van der Waals surface area contributed by atoms with Crippen LogP contribution in [0, 0.1) is 0 Å². The van der Waals surface area contributed by atoms with Crippen LogP contribution in [0.1, 0.15) is 0 Å². The zero-order valence-corrected chi connectivity index (χ0v) is 14.7. The second-order valence-electron chi connectivity index (χ2n) is 6.39. The third-order valence-electron chi connectivity index (χ3n) is 4.78. The molecule has 0 unspecified atom stereocenters. The van der Waals surface area contributed by atoms with Gasteiger partial charge in [-0.05, 0) is 0 Å². The largest absolute Gasteiger partial charge is 0.395 e. The van der Waals surface area contributed by atoms with Crippen molar-refractivity contribution >= 4 is 17.3 Å². The van der Waals surface area contributed by atoms with E-state index in [1.165, 1.54) is 0 Å². The molecule has 25 heavy (non-hydrogen) atoms. The predicted molar refractivity (Wildman–Crippen MR) is 97.9 cm³/mol. The summed E-state index contributed by atoms with van der Waals surface area (Å²) < 4.78 is 5.36. The van der Waals surface area contributed by atoms with Crippen molar-refractivity contribution in [2.24, 2.45) is 0 Å². The first-order chi connectivity index (χ1) is 12.3. The Morgan fingerprint density at radius 2 is 1.76 bits per heavy atom. The number of hydrogen-bond donors (Lipinski definition) is 3. The number of hydrogen-bond acceptors (Lipinski definition) is 9. The molecule has 4 N–H and O–H groups in total. The topological polar surface area (TPSA) is 103 Å². The lowest BCUT2D eigenvalue weighted by Gasteiger charge is -2.35. The molecule has 1 aromatic rings. The highest BCUT2D eigenvalue weighted by atomic mass is 16.5. The number of anilines is 3. The van der Waals surface area contributed by atoms with Crippen molar-refractivity contribution in [1.82, 2.24) is 19.8 Å². The molecule has 3 heterocycles. The quantitative estimate of drug-likeness (QED) is 0.566. The molecule has 0 aromatic carbocycles. The van der Waals surface area contributed by atoms with Gasteiger partial charge in [0.2, 0.25) is 0 Å². The molecule has 2 aliphatic rings. The summed E-state index contributed by atoms with van der Waals surface area (Å²) in [4.78, 5) is 15.5. The average molecular weight is 351 g/mol. The Labute approximate surface area is 148 Å². The van der Waals surface area contributed by atoms with Gasteiger partial charge >= 0.3 is 0 Å². The number of nitrogen functional groups attached to an aromatic ring is 1. The summed E-state index contributed by atoms with van der Waals surface area (Å²) >= 11 is 0. The molecule has 0 atom stereocenters. The molecule has 2 fully saturated rings. The van der Waals surface area contributed by atoms with Crippen LogP contribution in [0.15, 0.2) is 6.33 Å². The highest BCUT2D eigenvalue weighted by Crippen LogP contribution is 2.26. The van der Waals surface area contributed by atoms with E-state index in [2.05, 4.69) is 30.0 Å². The Morgan fingerprint density at radius 3 is 2.48 bits per heavy atom. The minimum atomic E-state index is 0.201. The van der Waals surface area contributed by atoms with Crippen LogP contribution < -0.4 is 16.0 Å². The van der Waals surface area contributed by atoms with Gasteiger partial charge in [-0.3, -0.25) is 9.80 Å².